The van der Waals surface area contributed by atoms with Gasteiger partial charge in [0.15, 0.2) is 5.69 Å². The summed E-state index contributed by atoms with van der Waals surface area (Å²) in [5.74, 6) is -1.02. The molecule has 0 radical (unpaired) electrons. The van der Waals surface area contributed by atoms with Gasteiger partial charge in [-0.25, -0.2) is 9.48 Å². The Bertz CT molecular complexity index is 777. The molecule has 0 aliphatic rings. The van der Waals surface area contributed by atoms with Gasteiger partial charge in [0, 0.05) is 11.3 Å². The van der Waals surface area contributed by atoms with Crippen molar-refractivity contribution in [2.24, 2.45) is 0 Å². The van der Waals surface area contributed by atoms with Gasteiger partial charge in [0.05, 0.1) is 5.69 Å². The van der Waals surface area contributed by atoms with Crippen LogP contribution in [0, 0.1) is 6.92 Å². The third-order valence-corrected chi connectivity index (χ3v) is 3.38. The first-order valence-electron chi connectivity index (χ1n) is 6.62. The predicted octanol–water partition coefficient (Wildman–Crippen LogP) is 3.55. The van der Waals surface area contributed by atoms with Gasteiger partial charge in [0.2, 0.25) is 0 Å². The van der Waals surface area contributed by atoms with Crippen LogP contribution in [0.2, 0.25) is 0 Å². The van der Waals surface area contributed by atoms with E-state index in [2.05, 4.69) is 5.10 Å². The van der Waals surface area contributed by atoms with Crippen molar-refractivity contribution in [2.75, 3.05) is 0 Å². The van der Waals surface area contributed by atoms with Gasteiger partial charge < -0.3 is 5.11 Å². The third-order valence-electron chi connectivity index (χ3n) is 3.38. The van der Waals surface area contributed by atoms with Gasteiger partial charge in [0.1, 0.15) is 0 Å². The van der Waals surface area contributed by atoms with Crippen LogP contribution in [0.5, 0.6) is 0 Å². The number of carboxylic acid groups (broad SMARTS) is 1. The number of aromatic carboxylic acids is 1. The van der Waals surface area contributed by atoms with Gasteiger partial charge in [-0.15, -0.1) is 0 Å². The van der Waals surface area contributed by atoms with Gasteiger partial charge in [-0.1, -0.05) is 48.5 Å². The molecule has 21 heavy (non-hydrogen) atoms. The molecule has 0 bridgehead atoms. The highest BCUT2D eigenvalue weighted by atomic mass is 16.4. The molecular formula is C17H14N2O2. The summed E-state index contributed by atoms with van der Waals surface area (Å²) >= 11 is 0. The quantitative estimate of drug-likeness (QED) is 0.797. The second-order valence-corrected chi connectivity index (χ2v) is 4.73. The molecule has 0 spiro atoms. The Kier molecular flexibility index (Phi) is 3.28. The SMILES string of the molecule is Cc1c(-c2ccccc2)c(C(=O)O)nn1-c1ccccc1. The third kappa shape index (κ3) is 2.31. The predicted molar refractivity (Wildman–Crippen MR) is 80.7 cm³/mol. The van der Waals surface area contributed by atoms with Crippen molar-refractivity contribution in [1.82, 2.24) is 9.78 Å². The van der Waals surface area contributed by atoms with Crippen molar-refractivity contribution in [1.29, 1.82) is 0 Å². The summed E-state index contributed by atoms with van der Waals surface area (Å²) in [5, 5.41) is 13.7. The molecule has 1 heterocycles. The number of para-hydroxylation sites is 1. The van der Waals surface area contributed by atoms with Crippen LogP contribution in [-0.2, 0) is 0 Å². The Morgan fingerprint density at radius 2 is 1.57 bits per heavy atom. The van der Waals surface area contributed by atoms with Gasteiger partial charge in [0.25, 0.3) is 0 Å². The van der Waals surface area contributed by atoms with E-state index in [1.807, 2.05) is 67.6 Å². The van der Waals surface area contributed by atoms with Crippen LogP contribution in [0.1, 0.15) is 16.2 Å². The van der Waals surface area contributed by atoms with Crippen LogP contribution in [-0.4, -0.2) is 20.9 Å². The lowest BCUT2D eigenvalue weighted by Gasteiger charge is -2.05. The molecule has 0 aliphatic heterocycles. The standard InChI is InChI=1S/C17H14N2O2/c1-12-15(13-8-4-2-5-9-13)16(17(20)21)18-19(12)14-10-6-3-7-11-14/h2-11H,1H3,(H,20,21). The van der Waals surface area contributed by atoms with Gasteiger partial charge in [-0.3, -0.25) is 0 Å². The molecule has 1 aromatic heterocycles. The Morgan fingerprint density at radius 3 is 2.14 bits per heavy atom. The zero-order valence-corrected chi connectivity index (χ0v) is 11.5. The number of rotatable bonds is 3. The highest BCUT2D eigenvalue weighted by Gasteiger charge is 2.21. The fraction of sp³-hybridized carbons (Fsp3) is 0.0588. The van der Waals surface area contributed by atoms with E-state index in [4.69, 9.17) is 0 Å². The molecule has 3 rings (SSSR count). The van der Waals surface area contributed by atoms with E-state index in [-0.39, 0.29) is 5.69 Å². The number of hydrogen-bond acceptors (Lipinski definition) is 2. The molecule has 104 valence electrons. The molecular weight excluding hydrogens is 264 g/mol. The molecule has 4 nitrogen and oxygen atoms in total. The lowest BCUT2D eigenvalue weighted by molar-refractivity contribution is 0.0691. The highest BCUT2D eigenvalue weighted by molar-refractivity contribution is 5.95. The topological polar surface area (TPSA) is 55.1 Å². The second kappa shape index (κ2) is 5.25. The molecule has 3 aromatic rings. The van der Waals surface area contributed by atoms with Gasteiger partial charge >= 0.3 is 5.97 Å². The van der Waals surface area contributed by atoms with E-state index in [1.165, 1.54) is 0 Å². The summed E-state index contributed by atoms with van der Waals surface area (Å²) in [6, 6.07) is 19.0. The van der Waals surface area contributed by atoms with E-state index in [1.54, 1.807) is 4.68 Å². The molecule has 4 heteroatoms. The Labute approximate surface area is 122 Å². The smallest absolute Gasteiger partial charge is 0.357 e. The monoisotopic (exact) mass is 278 g/mol. The summed E-state index contributed by atoms with van der Waals surface area (Å²) in [4.78, 5) is 11.5. The maximum absolute atomic E-state index is 11.5. The van der Waals surface area contributed by atoms with Crippen molar-refractivity contribution >= 4 is 5.97 Å². The summed E-state index contributed by atoms with van der Waals surface area (Å²) in [7, 11) is 0. The van der Waals surface area contributed by atoms with Crippen molar-refractivity contribution in [2.45, 2.75) is 6.92 Å². The lowest BCUT2D eigenvalue weighted by atomic mass is 10.0. The highest BCUT2D eigenvalue weighted by Crippen LogP contribution is 2.28. The van der Waals surface area contributed by atoms with E-state index in [9.17, 15) is 9.90 Å². The van der Waals surface area contributed by atoms with Crippen LogP contribution in [0.4, 0.5) is 0 Å². The van der Waals surface area contributed by atoms with E-state index < -0.39 is 5.97 Å². The Hall–Kier alpha value is -2.88. The lowest BCUT2D eigenvalue weighted by Crippen LogP contribution is -2.02. The Morgan fingerprint density at radius 1 is 1.00 bits per heavy atom. The first-order chi connectivity index (χ1) is 10.2. The number of hydrogen-bond donors (Lipinski definition) is 1. The zero-order valence-electron chi connectivity index (χ0n) is 11.5. The molecule has 0 saturated heterocycles. The van der Waals surface area contributed by atoms with Crippen molar-refractivity contribution in [3.8, 4) is 16.8 Å². The zero-order chi connectivity index (χ0) is 14.8. The van der Waals surface area contributed by atoms with Crippen LogP contribution in [0.15, 0.2) is 60.7 Å². The molecule has 2 aromatic carbocycles. The molecule has 0 atom stereocenters. The average Bonchev–Trinajstić information content (AvgIpc) is 2.87. The van der Waals surface area contributed by atoms with Crippen molar-refractivity contribution in [3.63, 3.8) is 0 Å². The summed E-state index contributed by atoms with van der Waals surface area (Å²) in [6.07, 6.45) is 0. The molecule has 0 aliphatic carbocycles. The number of carboxylic acids is 1. The summed E-state index contributed by atoms with van der Waals surface area (Å²) < 4.78 is 1.67. The molecule has 0 fully saturated rings. The minimum Gasteiger partial charge on any atom is -0.476 e. The number of benzene rings is 2. The fourth-order valence-electron chi connectivity index (χ4n) is 2.42. The van der Waals surface area contributed by atoms with Crippen LogP contribution in [0.25, 0.3) is 16.8 Å². The fourth-order valence-corrected chi connectivity index (χ4v) is 2.42. The first kappa shape index (κ1) is 13.1. The Balaban J connectivity index is 2.25. The van der Waals surface area contributed by atoms with Crippen LogP contribution < -0.4 is 0 Å². The van der Waals surface area contributed by atoms with Crippen molar-refractivity contribution in [3.05, 3.63) is 72.1 Å². The van der Waals surface area contributed by atoms with Crippen LogP contribution >= 0.6 is 0 Å². The normalized spacial score (nSPS) is 10.5. The largest absolute Gasteiger partial charge is 0.476 e. The second-order valence-electron chi connectivity index (χ2n) is 4.73. The maximum Gasteiger partial charge on any atom is 0.357 e. The summed E-state index contributed by atoms with van der Waals surface area (Å²) in [6.45, 7) is 1.88. The minimum atomic E-state index is -1.02. The van der Waals surface area contributed by atoms with E-state index in [0.717, 1.165) is 16.9 Å². The van der Waals surface area contributed by atoms with E-state index in [0.29, 0.717) is 5.56 Å². The number of carbonyl (C=O) groups is 1. The molecule has 0 unspecified atom stereocenters. The van der Waals surface area contributed by atoms with Crippen LogP contribution in [0.3, 0.4) is 0 Å². The summed E-state index contributed by atoms with van der Waals surface area (Å²) in [5.41, 5.74) is 3.24. The molecule has 0 amide bonds. The van der Waals surface area contributed by atoms with Gasteiger partial charge in [-0.05, 0) is 24.6 Å². The molecule has 1 N–H and O–H groups in total. The number of aromatic nitrogens is 2. The average molecular weight is 278 g/mol. The first-order valence-corrected chi connectivity index (χ1v) is 6.62. The maximum atomic E-state index is 11.5. The van der Waals surface area contributed by atoms with Crippen molar-refractivity contribution < 1.29 is 9.90 Å². The minimum absolute atomic E-state index is 0.0718. The molecule has 0 saturated carbocycles. The van der Waals surface area contributed by atoms with E-state index >= 15 is 0 Å². The van der Waals surface area contributed by atoms with Gasteiger partial charge in [-0.2, -0.15) is 5.10 Å². The number of nitrogens with zero attached hydrogens (tertiary/aromatic N) is 2.